The third-order valence-electron chi connectivity index (χ3n) is 9.36. The number of rotatable bonds is 4. The molecule has 1 amide bonds. The number of aliphatic hydroxyl groups is 3. The fraction of sp³-hybridized carbons (Fsp3) is 0.552. The predicted molar refractivity (Wildman–Crippen MR) is 143 cm³/mol. The van der Waals surface area contributed by atoms with E-state index in [-0.39, 0.29) is 62.2 Å². The highest BCUT2D eigenvalue weighted by molar-refractivity contribution is 6.25. The number of aliphatic hydroxyl groups excluding tert-OH is 2. The van der Waals surface area contributed by atoms with Crippen molar-refractivity contribution in [2.75, 3.05) is 34.2 Å². The minimum Gasteiger partial charge on any atom is -0.510 e. The zero-order valence-electron chi connectivity index (χ0n) is 23.5. The van der Waals surface area contributed by atoms with Gasteiger partial charge in [-0.2, -0.15) is 13.2 Å². The van der Waals surface area contributed by atoms with Gasteiger partial charge >= 0.3 is 6.18 Å². The number of alkyl halides is 3. The molecule has 1 aromatic rings. The maximum absolute atomic E-state index is 13.9. The second-order valence-electron chi connectivity index (χ2n) is 11.9. The Morgan fingerprint density at radius 3 is 2.36 bits per heavy atom. The highest BCUT2D eigenvalue weighted by Crippen LogP contribution is 2.52. The number of carbonyl (C=O) groups is 3. The molecule has 4 aliphatic rings. The first kappa shape index (κ1) is 30.1. The van der Waals surface area contributed by atoms with Crippen LogP contribution in [0, 0.1) is 17.8 Å². The Hall–Kier alpha value is -3.42. The monoisotopic (exact) mass is 593 g/mol. The van der Waals surface area contributed by atoms with Gasteiger partial charge in [-0.05, 0) is 76.0 Å². The summed E-state index contributed by atoms with van der Waals surface area (Å²) in [6.07, 6.45) is -4.22. The molecule has 5 rings (SSSR count). The van der Waals surface area contributed by atoms with Crippen LogP contribution < -0.4 is 5.32 Å². The molecule has 1 aromatic carbocycles. The molecule has 0 unspecified atom stereocenters. The number of allylic oxidation sites excluding steroid dienone is 1. The van der Waals surface area contributed by atoms with Crippen LogP contribution in [-0.4, -0.2) is 99.8 Å². The third kappa shape index (κ3) is 4.49. The lowest BCUT2D eigenvalue weighted by atomic mass is 9.58. The molecular weight excluding hydrogens is 559 g/mol. The first-order chi connectivity index (χ1) is 19.6. The molecule has 0 spiro atoms. The van der Waals surface area contributed by atoms with E-state index in [9.17, 15) is 48.0 Å². The predicted octanol–water partition coefficient (Wildman–Crippen LogP) is 2.16. The summed E-state index contributed by atoms with van der Waals surface area (Å²) in [5.74, 6) is -8.01. The molecule has 0 radical (unpaired) electrons. The van der Waals surface area contributed by atoms with Gasteiger partial charge < -0.3 is 25.7 Å². The number of nitrogens with zero attached hydrogens (tertiary/aromatic N) is 2. The number of phenols is 1. The Labute approximate surface area is 240 Å². The number of nitrogens with one attached hydrogen (secondary N) is 1. The van der Waals surface area contributed by atoms with E-state index in [0.29, 0.717) is 11.1 Å². The Balaban J connectivity index is 1.54. The average molecular weight is 594 g/mol. The summed E-state index contributed by atoms with van der Waals surface area (Å²) < 4.78 is 39.5. The maximum Gasteiger partial charge on any atom is 0.391 e. The normalized spacial score (nSPS) is 29.0. The van der Waals surface area contributed by atoms with Crippen molar-refractivity contribution in [1.29, 1.82) is 0 Å². The number of ketones is 2. The van der Waals surface area contributed by atoms with Gasteiger partial charge in [0.05, 0.1) is 17.5 Å². The van der Waals surface area contributed by atoms with Crippen molar-refractivity contribution in [3.8, 4) is 5.75 Å². The van der Waals surface area contributed by atoms with Crippen LogP contribution >= 0.6 is 0 Å². The molecule has 10 nitrogen and oxygen atoms in total. The summed E-state index contributed by atoms with van der Waals surface area (Å²) in [5, 5.41) is 47.2. The number of halogens is 3. The summed E-state index contributed by atoms with van der Waals surface area (Å²) in [4.78, 5) is 43.4. The average Bonchev–Trinajstić information content (AvgIpc) is 2.91. The quantitative estimate of drug-likeness (QED) is 0.331. The van der Waals surface area contributed by atoms with Crippen LogP contribution in [0.1, 0.15) is 40.7 Å². The summed E-state index contributed by atoms with van der Waals surface area (Å²) in [7, 11) is 4.40. The van der Waals surface area contributed by atoms with Crippen molar-refractivity contribution in [1.82, 2.24) is 15.1 Å². The first-order valence-corrected chi connectivity index (χ1v) is 13.8. The Kier molecular flexibility index (Phi) is 7.43. The highest BCUT2D eigenvalue weighted by atomic mass is 19.4. The summed E-state index contributed by atoms with van der Waals surface area (Å²) in [5.41, 5.74) is -2.62. The second kappa shape index (κ2) is 10.4. The summed E-state index contributed by atoms with van der Waals surface area (Å²) >= 11 is 0. The molecule has 0 bridgehead atoms. The minimum absolute atomic E-state index is 0.0210. The van der Waals surface area contributed by atoms with Crippen LogP contribution in [0.4, 0.5) is 13.2 Å². The van der Waals surface area contributed by atoms with Gasteiger partial charge in [-0.25, -0.2) is 0 Å². The van der Waals surface area contributed by atoms with Crippen LogP contribution in [0.3, 0.4) is 0 Å². The SMILES string of the molecule is CNC(=O)C1=C(O)[C@@H](N(C)C)[C@@H]2C[C@@H]3Cc4c(CN5CCC(C(F)(F)F)CC5)ccc(O)c4C(=O)C3=C(O)[C@]2(O)C1=O. The first-order valence-electron chi connectivity index (χ1n) is 13.8. The van der Waals surface area contributed by atoms with Crippen LogP contribution in [0.25, 0.3) is 0 Å². The van der Waals surface area contributed by atoms with Crippen molar-refractivity contribution >= 4 is 17.5 Å². The number of carbonyl (C=O) groups excluding carboxylic acids is 3. The lowest BCUT2D eigenvalue weighted by Gasteiger charge is -2.50. The molecule has 13 heteroatoms. The fourth-order valence-electron chi connectivity index (χ4n) is 7.23. The standard InChI is InChI=1S/C29H34F3N3O7/c1-33-27(41)21-24(38)22(34(2)3)17-11-14-10-16-13(12-35-8-6-15(7-9-35)29(30,31)32)4-5-18(36)20(16)23(37)19(14)25(39)28(17,42)26(21)40/h4-5,14-15,17,22,36,38-39,42H,6-12H2,1-3H3,(H,33,41)/t14-,17-,22-,28-/m0/s1. The molecule has 4 atom stereocenters. The maximum atomic E-state index is 13.9. The molecule has 0 aromatic heterocycles. The van der Waals surface area contributed by atoms with Gasteiger partial charge in [0.25, 0.3) is 5.91 Å². The van der Waals surface area contributed by atoms with E-state index in [1.807, 2.05) is 4.90 Å². The Bertz CT molecular complexity index is 1410. The molecule has 5 N–H and O–H groups in total. The lowest BCUT2D eigenvalue weighted by molar-refractivity contribution is -0.185. The topological polar surface area (TPSA) is 151 Å². The van der Waals surface area contributed by atoms with Crippen LogP contribution in [0.15, 0.2) is 34.8 Å². The van der Waals surface area contributed by atoms with Gasteiger partial charge in [0, 0.05) is 25.1 Å². The molecule has 1 fully saturated rings. The van der Waals surface area contributed by atoms with E-state index in [1.54, 1.807) is 20.2 Å². The smallest absolute Gasteiger partial charge is 0.391 e. The van der Waals surface area contributed by atoms with E-state index >= 15 is 0 Å². The summed E-state index contributed by atoms with van der Waals surface area (Å²) in [6, 6.07) is 1.88. The molecule has 0 saturated carbocycles. The summed E-state index contributed by atoms with van der Waals surface area (Å²) in [6.45, 7) is 0.678. The van der Waals surface area contributed by atoms with Gasteiger partial charge in [-0.3, -0.25) is 24.2 Å². The number of amides is 1. The zero-order valence-corrected chi connectivity index (χ0v) is 23.5. The molecule has 1 aliphatic heterocycles. The molecule has 3 aliphatic carbocycles. The number of Topliss-reactive ketones (excluding diaryl/α,β-unsaturated/α-hetero) is 2. The van der Waals surface area contributed by atoms with Crippen LogP contribution in [-0.2, 0) is 22.6 Å². The number of likely N-dealkylation sites (tertiary alicyclic amines) is 1. The van der Waals surface area contributed by atoms with E-state index in [0.717, 1.165) is 0 Å². The van der Waals surface area contributed by atoms with Gasteiger partial charge in [0.1, 0.15) is 22.8 Å². The van der Waals surface area contributed by atoms with E-state index in [4.69, 9.17) is 0 Å². The van der Waals surface area contributed by atoms with E-state index < -0.39 is 70.1 Å². The van der Waals surface area contributed by atoms with Crippen LogP contribution in [0.2, 0.25) is 0 Å². The van der Waals surface area contributed by atoms with Gasteiger partial charge in [-0.15, -0.1) is 0 Å². The molecule has 1 heterocycles. The number of aromatic hydroxyl groups is 1. The van der Waals surface area contributed by atoms with Crippen molar-refractivity contribution in [2.45, 2.75) is 50.0 Å². The van der Waals surface area contributed by atoms with Crippen LogP contribution in [0.5, 0.6) is 5.75 Å². The number of phenolic OH excluding ortho intramolecular Hbond substituents is 1. The van der Waals surface area contributed by atoms with Crippen molar-refractivity contribution < 1.29 is 48.0 Å². The molecule has 1 saturated heterocycles. The van der Waals surface area contributed by atoms with Gasteiger partial charge in [0.15, 0.2) is 11.4 Å². The largest absolute Gasteiger partial charge is 0.510 e. The lowest BCUT2D eigenvalue weighted by Crippen LogP contribution is -2.64. The van der Waals surface area contributed by atoms with Crippen molar-refractivity contribution in [2.24, 2.45) is 17.8 Å². The highest BCUT2D eigenvalue weighted by Gasteiger charge is 2.63. The van der Waals surface area contributed by atoms with E-state index in [1.165, 1.54) is 18.0 Å². The number of likely N-dealkylation sites (N-methyl/N-ethyl adjacent to an activating group) is 2. The zero-order chi connectivity index (χ0) is 30.9. The number of benzene rings is 1. The molecule has 228 valence electrons. The number of piperidine rings is 1. The number of hydrogen-bond acceptors (Lipinski definition) is 9. The molecule has 42 heavy (non-hydrogen) atoms. The Morgan fingerprint density at radius 1 is 1.14 bits per heavy atom. The third-order valence-corrected chi connectivity index (χ3v) is 9.36. The van der Waals surface area contributed by atoms with Crippen molar-refractivity contribution in [3.05, 3.63) is 51.5 Å². The Morgan fingerprint density at radius 2 is 1.79 bits per heavy atom. The fourth-order valence-corrected chi connectivity index (χ4v) is 7.23. The second-order valence-corrected chi connectivity index (χ2v) is 11.9. The van der Waals surface area contributed by atoms with Gasteiger partial charge in [-0.1, -0.05) is 6.07 Å². The van der Waals surface area contributed by atoms with Crippen molar-refractivity contribution in [3.63, 3.8) is 0 Å². The minimum atomic E-state index is -4.25. The number of fused-ring (bicyclic) bond motifs is 3. The van der Waals surface area contributed by atoms with E-state index in [2.05, 4.69) is 5.32 Å². The van der Waals surface area contributed by atoms with Gasteiger partial charge in [0.2, 0.25) is 5.78 Å². The number of hydrogen-bond donors (Lipinski definition) is 5. The molecular formula is C29H34F3N3O7.